The van der Waals surface area contributed by atoms with E-state index in [1.807, 2.05) is 18.2 Å². The van der Waals surface area contributed by atoms with Crippen LogP contribution in [0.25, 0.3) is 11.1 Å². The maximum Gasteiger partial charge on any atom is 0.251 e. The first-order valence-corrected chi connectivity index (χ1v) is 7.33. The minimum atomic E-state index is -0.209. The molecular formula is C17H16N4O3. The Hall–Kier alpha value is -3.22. The van der Waals surface area contributed by atoms with Crippen molar-refractivity contribution in [3.63, 3.8) is 0 Å². The Bertz CT molecular complexity index is 843. The van der Waals surface area contributed by atoms with Gasteiger partial charge in [0.1, 0.15) is 5.75 Å². The highest BCUT2D eigenvalue weighted by Crippen LogP contribution is 2.28. The molecule has 24 heavy (non-hydrogen) atoms. The van der Waals surface area contributed by atoms with Gasteiger partial charge in [-0.1, -0.05) is 12.1 Å². The first kappa shape index (κ1) is 15.7. The molecule has 2 heterocycles. The van der Waals surface area contributed by atoms with Crippen LogP contribution in [0.2, 0.25) is 0 Å². The predicted molar refractivity (Wildman–Crippen MR) is 86.4 cm³/mol. The van der Waals surface area contributed by atoms with Gasteiger partial charge in [-0.15, -0.1) is 10.2 Å². The maximum absolute atomic E-state index is 12.2. The molecule has 0 spiro atoms. The van der Waals surface area contributed by atoms with Crippen molar-refractivity contribution in [2.75, 3.05) is 7.11 Å². The Labute approximate surface area is 138 Å². The molecule has 3 aromatic rings. The zero-order chi connectivity index (χ0) is 16.9. The summed E-state index contributed by atoms with van der Waals surface area (Å²) in [5.74, 6) is 1.31. The second-order valence-corrected chi connectivity index (χ2v) is 5.05. The molecule has 0 aliphatic heterocycles. The number of hydrogen-bond donors (Lipinski definition) is 1. The van der Waals surface area contributed by atoms with Gasteiger partial charge < -0.3 is 14.5 Å². The topological polar surface area (TPSA) is 90.1 Å². The molecule has 122 valence electrons. The Kier molecular flexibility index (Phi) is 4.51. The number of hydrogen-bond acceptors (Lipinski definition) is 6. The van der Waals surface area contributed by atoms with Crippen molar-refractivity contribution in [2.45, 2.75) is 13.5 Å². The Balaban J connectivity index is 1.70. The molecular weight excluding hydrogens is 308 g/mol. The van der Waals surface area contributed by atoms with E-state index in [0.717, 1.165) is 11.1 Å². The number of rotatable bonds is 5. The summed E-state index contributed by atoms with van der Waals surface area (Å²) in [5.41, 5.74) is 2.40. The maximum atomic E-state index is 12.2. The summed E-state index contributed by atoms with van der Waals surface area (Å²) >= 11 is 0. The minimum absolute atomic E-state index is 0.194. The van der Waals surface area contributed by atoms with Crippen molar-refractivity contribution in [1.82, 2.24) is 20.5 Å². The van der Waals surface area contributed by atoms with Crippen LogP contribution in [0.3, 0.4) is 0 Å². The van der Waals surface area contributed by atoms with E-state index in [9.17, 15) is 4.79 Å². The first-order chi connectivity index (χ1) is 11.7. The molecule has 0 bridgehead atoms. The van der Waals surface area contributed by atoms with Crippen LogP contribution >= 0.6 is 0 Å². The minimum Gasteiger partial charge on any atom is -0.494 e. The highest BCUT2D eigenvalue weighted by atomic mass is 16.5. The summed E-state index contributed by atoms with van der Waals surface area (Å²) in [6, 6.07) is 9.10. The molecule has 0 saturated carbocycles. The summed E-state index contributed by atoms with van der Waals surface area (Å²) in [6.45, 7) is 1.89. The van der Waals surface area contributed by atoms with E-state index < -0.39 is 0 Å². The monoisotopic (exact) mass is 324 g/mol. The van der Waals surface area contributed by atoms with E-state index in [0.29, 0.717) is 23.1 Å². The van der Waals surface area contributed by atoms with Crippen LogP contribution in [-0.2, 0) is 6.54 Å². The van der Waals surface area contributed by atoms with Crippen LogP contribution in [0.15, 0.2) is 47.1 Å². The van der Waals surface area contributed by atoms with Gasteiger partial charge >= 0.3 is 0 Å². The van der Waals surface area contributed by atoms with E-state index in [1.165, 1.54) is 0 Å². The summed E-state index contributed by atoms with van der Waals surface area (Å²) in [5, 5.41) is 10.3. The highest BCUT2D eigenvalue weighted by Gasteiger charge is 2.10. The second kappa shape index (κ2) is 6.91. The van der Waals surface area contributed by atoms with Gasteiger partial charge in [0.2, 0.25) is 11.8 Å². The van der Waals surface area contributed by atoms with Gasteiger partial charge in [-0.25, -0.2) is 0 Å². The van der Waals surface area contributed by atoms with Gasteiger partial charge in [0.25, 0.3) is 5.91 Å². The van der Waals surface area contributed by atoms with Crippen molar-refractivity contribution < 1.29 is 13.9 Å². The van der Waals surface area contributed by atoms with Crippen LogP contribution in [0.1, 0.15) is 22.1 Å². The lowest BCUT2D eigenvalue weighted by Gasteiger charge is -2.08. The Morgan fingerprint density at radius 2 is 2.00 bits per heavy atom. The quantitative estimate of drug-likeness (QED) is 0.775. The number of carbonyl (C=O) groups excluding carboxylic acids is 1. The summed E-state index contributed by atoms with van der Waals surface area (Å²) in [7, 11) is 1.60. The lowest BCUT2D eigenvalue weighted by atomic mass is 10.0. The third kappa shape index (κ3) is 3.40. The van der Waals surface area contributed by atoms with Crippen molar-refractivity contribution in [3.8, 4) is 16.9 Å². The first-order valence-electron chi connectivity index (χ1n) is 7.33. The molecule has 2 aromatic heterocycles. The number of nitrogens with zero attached hydrogens (tertiary/aromatic N) is 3. The molecule has 1 N–H and O–H groups in total. The van der Waals surface area contributed by atoms with Crippen molar-refractivity contribution in [1.29, 1.82) is 0 Å². The number of methoxy groups -OCH3 is 1. The normalized spacial score (nSPS) is 10.4. The zero-order valence-electron chi connectivity index (χ0n) is 13.3. The second-order valence-electron chi connectivity index (χ2n) is 5.05. The fourth-order valence-electron chi connectivity index (χ4n) is 2.25. The lowest BCUT2D eigenvalue weighted by molar-refractivity contribution is 0.0947. The molecule has 0 fully saturated rings. The van der Waals surface area contributed by atoms with Crippen LogP contribution in [0.5, 0.6) is 5.75 Å². The largest absolute Gasteiger partial charge is 0.494 e. The van der Waals surface area contributed by atoms with Crippen LogP contribution < -0.4 is 10.1 Å². The standard InChI is InChI=1S/C17H16N4O3/c1-11-20-21-16(24-11)10-19-17(22)13-5-3-12(4-6-13)14-7-8-18-9-15(14)23-2/h3-9H,10H2,1-2H3,(H,19,22). The number of ether oxygens (including phenoxy) is 1. The Morgan fingerprint density at radius 1 is 1.21 bits per heavy atom. The number of aryl methyl sites for hydroxylation is 1. The number of pyridine rings is 1. The van der Waals surface area contributed by atoms with E-state index in [1.54, 1.807) is 38.6 Å². The van der Waals surface area contributed by atoms with Crippen LogP contribution in [0, 0.1) is 6.92 Å². The fraction of sp³-hybridized carbons (Fsp3) is 0.176. The van der Waals surface area contributed by atoms with E-state index in [2.05, 4.69) is 20.5 Å². The smallest absolute Gasteiger partial charge is 0.251 e. The van der Waals surface area contributed by atoms with Gasteiger partial charge in [-0.2, -0.15) is 0 Å². The molecule has 0 radical (unpaired) electrons. The average molecular weight is 324 g/mol. The van der Waals surface area contributed by atoms with Crippen LogP contribution in [-0.4, -0.2) is 28.2 Å². The number of benzene rings is 1. The van der Waals surface area contributed by atoms with E-state index in [4.69, 9.17) is 9.15 Å². The van der Waals surface area contributed by atoms with Crippen molar-refractivity contribution >= 4 is 5.91 Å². The molecule has 1 aromatic carbocycles. The molecule has 0 aliphatic rings. The molecule has 7 heteroatoms. The predicted octanol–water partition coefficient (Wildman–Crippen LogP) is 2.38. The lowest BCUT2D eigenvalue weighted by Crippen LogP contribution is -2.22. The van der Waals surface area contributed by atoms with Gasteiger partial charge in [-0.05, 0) is 23.8 Å². The third-order valence-electron chi connectivity index (χ3n) is 3.43. The van der Waals surface area contributed by atoms with Crippen molar-refractivity contribution in [2.24, 2.45) is 0 Å². The van der Waals surface area contributed by atoms with E-state index >= 15 is 0 Å². The van der Waals surface area contributed by atoms with Gasteiger partial charge in [0, 0.05) is 24.2 Å². The molecule has 0 aliphatic carbocycles. The highest BCUT2D eigenvalue weighted by molar-refractivity contribution is 5.94. The third-order valence-corrected chi connectivity index (χ3v) is 3.43. The molecule has 1 amide bonds. The molecule has 3 rings (SSSR count). The van der Waals surface area contributed by atoms with Crippen LogP contribution in [0.4, 0.5) is 0 Å². The fourth-order valence-corrected chi connectivity index (χ4v) is 2.25. The molecule has 7 nitrogen and oxygen atoms in total. The number of nitrogens with one attached hydrogen (secondary N) is 1. The average Bonchev–Trinajstić information content (AvgIpc) is 3.05. The molecule has 0 saturated heterocycles. The van der Waals surface area contributed by atoms with Crippen molar-refractivity contribution in [3.05, 3.63) is 60.1 Å². The molecule has 0 atom stereocenters. The SMILES string of the molecule is COc1cnccc1-c1ccc(C(=O)NCc2nnc(C)o2)cc1. The number of aromatic nitrogens is 3. The zero-order valence-corrected chi connectivity index (χ0v) is 13.3. The van der Waals surface area contributed by atoms with E-state index in [-0.39, 0.29) is 12.5 Å². The number of amides is 1. The summed E-state index contributed by atoms with van der Waals surface area (Å²) < 4.78 is 10.5. The molecule has 0 unspecified atom stereocenters. The van der Waals surface area contributed by atoms with Gasteiger partial charge in [0.15, 0.2) is 0 Å². The number of carbonyl (C=O) groups is 1. The van der Waals surface area contributed by atoms with Gasteiger partial charge in [0.05, 0.1) is 19.9 Å². The summed E-state index contributed by atoms with van der Waals surface area (Å²) in [6.07, 6.45) is 3.35. The van der Waals surface area contributed by atoms with Gasteiger partial charge in [-0.3, -0.25) is 9.78 Å². The summed E-state index contributed by atoms with van der Waals surface area (Å²) in [4.78, 5) is 16.2. The Morgan fingerprint density at radius 3 is 2.67 bits per heavy atom.